The average Bonchev–Trinajstić information content (AvgIpc) is 3.10. The Morgan fingerprint density at radius 1 is 1.13 bits per heavy atom. The average molecular weight is 423 g/mol. The molecule has 0 bridgehead atoms. The summed E-state index contributed by atoms with van der Waals surface area (Å²) in [4.78, 5) is 12.4. The molecule has 0 fully saturated rings. The summed E-state index contributed by atoms with van der Waals surface area (Å²) in [6.07, 6.45) is 1.78. The van der Waals surface area contributed by atoms with Crippen LogP contribution in [0.2, 0.25) is 0 Å². The molecule has 0 unspecified atom stereocenters. The molecular weight excluding hydrogens is 396 g/mol. The van der Waals surface area contributed by atoms with E-state index in [4.69, 9.17) is 4.74 Å². The van der Waals surface area contributed by atoms with E-state index >= 15 is 0 Å². The number of hydrogen-bond acceptors (Lipinski definition) is 5. The lowest BCUT2D eigenvalue weighted by atomic mass is 10.1. The van der Waals surface area contributed by atoms with Gasteiger partial charge in [0.15, 0.2) is 11.0 Å². The van der Waals surface area contributed by atoms with E-state index in [-0.39, 0.29) is 11.7 Å². The molecule has 3 aromatic rings. The second-order valence-electron chi connectivity index (χ2n) is 7.06. The first-order chi connectivity index (χ1) is 14.5. The van der Waals surface area contributed by atoms with Gasteiger partial charge in [-0.1, -0.05) is 53.2 Å². The van der Waals surface area contributed by atoms with Crippen molar-refractivity contribution in [3.63, 3.8) is 0 Å². The standard InChI is InChI=1S/C23H26N4O2S/c1-5-12-27-21(14-29-19-9-6-16(2)7-10-19)25-26-23(27)30-15-22(28)24-20-11-8-17(3)13-18(20)4/h5-11,13H,1,12,14-15H2,2-4H3,(H,24,28). The highest BCUT2D eigenvalue weighted by atomic mass is 32.2. The van der Waals surface area contributed by atoms with Crippen molar-refractivity contribution in [2.24, 2.45) is 0 Å². The number of hydrogen-bond donors (Lipinski definition) is 1. The smallest absolute Gasteiger partial charge is 0.234 e. The monoisotopic (exact) mass is 422 g/mol. The van der Waals surface area contributed by atoms with Crippen molar-refractivity contribution in [3.05, 3.63) is 77.6 Å². The summed E-state index contributed by atoms with van der Waals surface area (Å²) in [5, 5.41) is 12.1. The van der Waals surface area contributed by atoms with E-state index in [1.54, 1.807) is 6.08 Å². The van der Waals surface area contributed by atoms with Crippen LogP contribution in [-0.4, -0.2) is 26.4 Å². The number of nitrogens with zero attached hydrogens (tertiary/aromatic N) is 3. The summed E-state index contributed by atoms with van der Waals surface area (Å²) in [6, 6.07) is 13.8. The van der Waals surface area contributed by atoms with Gasteiger partial charge in [0.25, 0.3) is 0 Å². The van der Waals surface area contributed by atoms with Crippen LogP contribution in [-0.2, 0) is 17.9 Å². The Bertz CT molecular complexity index is 1030. The Balaban J connectivity index is 1.61. The first-order valence-electron chi connectivity index (χ1n) is 9.68. The molecule has 7 heteroatoms. The number of aromatic nitrogens is 3. The molecule has 0 saturated heterocycles. The van der Waals surface area contributed by atoms with Crippen LogP contribution in [0.1, 0.15) is 22.5 Å². The molecule has 6 nitrogen and oxygen atoms in total. The zero-order valence-electron chi connectivity index (χ0n) is 17.5. The number of thioether (sulfide) groups is 1. The number of allylic oxidation sites excluding steroid dienone is 1. The summed E-state index contributed by atoms with van der Waals surface area (Å²) in [5.41, 5.74) is 4.21. The lowest BCUT2D eigenvalue weighted by Crippen LogP contribution is -2.15. The van der Waals surface area contributed by atoms with Gasteiger partial charge in [-0.3, -0.25) is 9.36 Å². The van der Waals surface area contributed by atoms with Crippen LogP contribution in [0.4, 0.5) is 5.69 Å². The first-order valence-corrected chi connectivity index (χ1v) is 10.7. The first kappa shape index (κ1) is 21.6. The lowest BCUT2D eigenvalue weighted by Gasteiger charge is -2.10. The fourth-order valence-electron chi connectivity index (χ4n) is 2.90. The van der Waals surface area contributed by atoms with Crippen LogP contribution in [0.15, 0.2) is 60.3 Å². The number of aryl methyl sites for hydroxylation is 3. The number of ether oxygens (including phenoxy) is 1. The summed E-state index contributed by atoms with van der Waals surface area (Å²) < 4.78 is 7.74. The van der Waals surface area contributed by atoms with E-state index in [0.29, 0.717) is 24.1 Å². The van der Waals surface area contributed by atoms with E-state index in [0.717, 1.165) is 22.6 Å². The van der Waals surface area contributed by atoms with Gasteiger partial charge in [0.1, 0.15) is 12.4 Å². The number of anilines is 1. The summed E-state index contributed by atoms with van der Waals surface area (Å²) in [7, 11) is 0. The van der Waals surface area contributed by atoms with Crippen LogP contribution >= 0.6 is 11.8 Å². The predicted octanol–water partition coefficient (Wildman–Crippen LogP) is 4.70. The summed E-state index contributed by atoms with van der Waals surface area (Å²) >= 11 is 1.34. The van der Waals surface area contributed by atoms with Crippen LogP contribution in [0.5, 0.6) is 5.75 Å². The largest absolute Gasteiger partial charge is 0.486 e. The number of carbonyl (C=O) groups is 1. The van der Waals surface area contributed by atoms with Gasteiger partial charge in [-0.25, -0.2) is 0 Å². The van der Waals surface area contributed by atoms with Crippen molar-refractivity contribution in [2.75, 3.05) is 11.1 Å². The predicted molar refractivity (Wildman–Crippen MR) is 121 cm³/mol. The highest BCUT2D eigenvalue weighted by Crippen LogP contribution is 2.21. The molecule has 0 atom stereocenters. The number of nitrogens with one attached hydrogen (secondary N) is 1. The second-order valence-corrected chi connectivity index (χ2v) is 8.00. The number of benzene rings is 2. The maximum atomic E-state index is 12.4. The van der Waals surface area contributed by atoms with Crippen LogP contribution in [0.3, 0.4) is 0 Å². The topological polar surface area (TPSA) is 69.0 Å². The van der Waals surface area contributed by atoms with Gasteiger partial charge in [0.05, 0.1) is 5.75 Å². The maximum absolute atomic E-state index is 12.4. The van der Waals surface area contributed by atoms with Crippen molar-refractivity contribution < 1.29 is 9.53 Å². The third kappa shape index (κ3) is 5.73. The minimum absolute atomic E-state index is 0.0856. The highest BCUT2D eigenvalue weighted by Gasteiger charge is 2.14. The van der Waals surface area contributed by atoms with Gasteiger partial charge in [-0.15, -0.1) is 16.8 Å². The molecule has 0 aliphatic carbocycles. The Labute approximate surface area is 181 Å². The normalized spacial score (nSPS) is 10.6. The molecule has 2 aromatic carbocycles. The molecule has 0 saturated carbocycles. The molecule has 0 aliphatic heterocycles. The molecular formula is C23H26N4O2S. The Hall–Kier alpha value is -3.06. The van der Waals surface area contributed by atoms with E-state index < -0.39 is 0 Å². The number of carbonyl (C=O) groups excluding carboxylic acids is 1. The number of rotatable bonds is 9. The quantitative estimate of drug-likeness (QED) is 0.400. The molecule has 1 aromatic heterocycles. The zero-order chi connectivity index (χ0) is 21.5. The van der Waals surface area contributed by atoms with Gasteiger partial charge in [0, 0.05) is 12.2 Å². The third-order valence-electron chi connectivity index (χ3n) is 4.48. The molecule has 1 N–H and O–H groups in total. The molecule has 1 amide bonds. The lowest BCUT2D eigenvalue weighted by molar-refractivity contribution is -0.113. The maximum Gasteiger partial charge on any atom is 0.234 e. The van der Waals surface area contributed by atoms with Crippen molar-refractivity contribution in [3.8, 4) is 5.75 Å². The molecule has 3 rings (SSSR count). The van der Waals surface area contributed by atoms with Crippen molar-refractivity contribution >= 4 is 23.4 Å². The summed E-state index contributed by atoms with van der Waals surface area (Å²) in [5.74, 6) is 1.61. The van der Waals surface area contributed by atoms with Gasteiger partial charge in [0.2, 0.25) is 5.91 Å². The molecule has 0 radical (unpaired) electrons. The van der Waals surface area contributed by atoms with E-state index in [1.807, 2.05) is 67.8 Å². The Morgan fingerprint density at radius 3 is 2.57 bits per heavy atom. The number of amides is 1. The van der Waals surface area contributed by atoms with Crippen molar-refractivity contribution in [1.82, 2.24) is 14.8 Å². The van der Waals surface area contributed by atoms with E-state index in [2.05, 4.69) is 22.1 Å². The molecule has 0 spiro atoms. The molecule has 30 heavy (non-hydrogen) atoms. The zero-order valence-corrected chi connectivity index (χ0v) is 18.3. The van der Waals surface area contributed by atoms with Gasteiger partial charge >= 0.3 is 0 Å². The fourth-order valence-corrected chi connectivity index (χ4v) is 3.66. The second kappa shape index (κ2) is 10.1. The Morgan fingerprint density at radius 2 is 1.87 bits per heavy atom. The van der Waals surface area contributed by atoms with E-state index in [9.17, 15) is 4.79 Å². The molecule has 0 aliphatic rings. The fraction of sp³-hybridized carbons (Fsp3) is 0.261. The van der Waals surface area contributed by atoms with Gasteiger partial charge in [-0.2, -0.15) is 0 Å². The van der Waals surface area contributed by atoms with E-state index in [1.165, 1.54) is 17.3 Å². The van der Waals surface area contributed by atoms with Crippen molar-refractivity contribution in [1.29, 1.82) is 0 Å². The van der Waals surface area contributed by atoms with Crippen LogP contribution in [0, 0.1) is 20.8 Å². The highest BCUT2D eigenvalue weighted by molar-refractivity contribution is 7.99. The molecule has 1 heterocycles. The van der Waals surface area contributed by atoms with Crippen LogP contribution in [0.25, 0.3) is 0 Å². The SMILES string of the molecule is C=CCn1c(COc2ccc(C)cc2)nnc1SCC(=O)Nc1ccc(C)cc1C. The molecule has 156 valence electrons. The van der Waals surface area contributed by atoms with Crippen molar-refractivity contribution in [2.45, 2.75) is 39.1 Å². The van der Waals surface area contributed by atoms with Gasteiger partial charge < -0.3 is 10.1 Å². The van der Waals surface area contributed by atoms with Crippen LogP contribution < -0.4 is 10.1 Å². The minimum Gasteiger partial charge on any atom is -0.486 e. The summed E-state index contributed by atoms with van der Waals surface area (Å²) in [6.45, 7) is 10.7. The third-order valence-corrected chi connectivity index (χ3v) is 5.45. The Kier molecular flexibility index (Phi) is 7.30. The van der Waals surface area contributed by atoms with Gasteiger partial charge in [-0.05, 0) is 44.5 Å². The minimum atomic E-state index is -0.0856.